The Balaban J connectivity index is 2.42. The second-order valence-electron chi connectivity index (χ2n) is 5.12. The predicted molar refractivity (Wildman–Crippen MR) is 78.3 cm³/mol. The fraction of sp³-hybridized carbons (Fsp3) is 0.533. The zero-order valence-corrected chi connectivity index (χ0v) is 12.0. The van der Waals surface area contributed by atoms with E-state index in [-0.39, 0.29) is 12.0 Å². The van der Waals surface area contributed by atoms with Gasteiger partial charge < -0.3 is 15.8 Å². The van der Waals surface area contributed by atoms with Crippen LogP contribution in [-0.4, -0.2) is 18.6 Å². The molecule has 0 saturated heterocycles. The Morgan fingerprint density at radius 3 is 2.42 bits per heavy atom. The van der Waals surface area contributed by atoms with E-state index in [9.17, 15) is 4.79 Å². The normalized spacial score (nSPS) is 12.3. The number of benzene rings is 1. The van der Waals surface area contributed by atoms with Crippen LogP contribution in [0.3, 0.4) is 0 Å². The first kappa shape index (κ1) is 15.5. The van der Waals surface area contributed by atoms with Gasteiger partial charge in [-0.1, -0.05) is 6.92 Å². The first-order valence-electron chi connectivity index (χ1n) is 6.78. The molecule has 106 valence electrons. The quantitative estimate of drug-likeness (QED) is 0.796. The third kappa shape index (κ3) is 6.25. The van der Waals surface area contributed by atoms with Crippen molar-refractivity contribution in [1.29, 1.82) is 0 Å². The molecule has 0 aromatic heterocycles. The summed E-state index contributed by atoms with van der Waals surface area (Å²) in [4.78, 5) is 11.7. The van der Waals surface area contributed by atoms with Gasteiger partial charge in [0, 0.05) is 12.1 Å². The summed E-state index contributed by atoms with van der Waals surface area (Å²) in [6.45, 7) is 6.63. The highest BCUT2D eigenvalue weighted by molar-refractivity contribution is 5.90. The number of hydrogen-bond acceptors (Lipinski definition) is 3. The summed E-state index contributed by atoms with van der Waals surface area (Å²) in [5.74, 6) is 1.22. The molecule has 1 atom stereocenters. The average Bonchev–Trinajstić information content (AvgIpc) is 2.37. The summed E-state index contributed by atoms with van der Waals surface area (Å²) in [6.07, 6.45) is 1.47. The fourth-order valence-corrected chi connectivity index (χ4v) is 1.61. The zero-order chi connectivity index (χ0) is 14.3. The van der Waals surface area contributed by atoms with E-state index in [1.165, 1.54) is 0 Å². The van der Waals surface area contributed by atoms with E-state index in [0.29, 0.717) is 18.9 Å². The van der Waals surface area contributed by atoms with E-state index in [1.807, 2.05) is 45.0 Å². The van der Waals surface area contributed by atoms with Crippen LogP contribution in [0.1, 0.15) is 33.6 Å². The molecule has 4 heteroatoms. The Kier molecular flexibility index (Phi) is 6.36. The van der Waals surface area contributed by atoms with Crippen molar-refractivity contribution in [2.45, 2.75) is 39.7 Å². The van der Waals surface area contributed by atoms with E-state index in [4.69, 9.17) is 10.5 Å². The molecule has 1 aromatic rings. The van der Waals surface area contributed by atoms with Crippen LogP contribution < -0.4 is 15.8 Å². The second kappa shape index (κ2) is 7.79. The molecule has 1 unspecified atom stereocenters. The molecular weight excluding hydrogens is 240 g/mol. The molecule has 0 aliphatic heterocycles. The Hall–Kier alpha value is -1.55. The maximum absolute atomic E-state index is 11.7. The van der Waals surface area contributed by atoms with Gasteiger partial charge >= 0.3 is 0 Å². The van der Waals surface area contributed by atoms with Crippen LogP contribution in [0.15, 0.2) is 24.3 Å². The van der Waals surface area contributed by atoms with Gasteiger partial charge in [0.15, 0.2) is 0 Å². The third-order valence-corrected chi connectivity index (χ3v) is 2.78. The molecule has 4 nitrogen and oxygen atoms in total. The molecule has 3 N–H and O–H groups in total. The Morgan fingerprint density at radius 1 is 1.26 bits per heavy atom. The summed E-state index contributed by atoms with van der Waals surface area (Å²) in [5, 5.41) is 2.87. The number of carbonyl (C=O) groups excluding carboxylic acids is 1. The molecule has 0 heterocycles. The lowest BCUT2D eigenvalue weighted by Crippen LogP contribution is -2.16. The maximum Gasteiger partial charge on any atom is 0.224 e. The monoisotopic (exact) mass is 264 g/mol. The van der Waals surface area contributed by atoms with Crippen molar-refractivity contribution in [2.24, 2.45) is 11.7 Å². The van der Waals surface area contributed by atoms with Gasteiger partial charge in [0.1, 0.15) is 5.75 Å². The maximum atomic E-state index is 11.7. The van der Waals surface area contributed by atoms with Crippen LogP contribution in [0.25, 0.3) is 0 Å². The molecule has 0 aliphatic carbocycles. The molecule has 1 amide bonds. The van der Waals surface area contributed by atoms with Crippen LogP contribution in [0.2, 0.25) is 0 Å². The molecule has 0 radical (unpaired) electrons. The number of nitrogens with two attached hydrogens (primary N) is 1. The molecule has 0 fully saturated rings. The number of carbonyl (C=O) groups is 1. The van der Waals surface area contributed by atoms with Crippen LogP contribution in [0, 0.1) is 5.92 Å². The van der Waals surface area contributed by atoms with Gasteiger partial charge in [0.25, 0.3) is 0 Å². The minimum Gasteiger partial charge on any atom is -0.491 e. The van der Waals surface area contributed by atoms with E-state index in [1.54, 1.807) is 0 Å². The van der Waals surface area contributed by atoms with Crippen LogP contribution in [0.5, 0.6) is 5.75 Å². The Bertz CT molecular complexity index is 388. The van der Waals surface area contributed by atoms with Crippen molar-refractivity contribution in [3.05, 3.63) is 24.3 Å². The number of nitrogens with one attached hydrogen (secondary N) is 1. The highest BCUT2D eigenvalue weighted by Crippen LogP contribution is 2.17. The topological polar surface area (TPSA) is 64.4 Å². The lowest BCUT2D eigenvalue weighted by molar-refractivity contribution is -0.116. The first-order chi connectivity index (χ1) is 9.01. The molecule has 0 spiro atoms. The molecule has 19 heavy (non-hydrogen) atoms. The molecule has 1 aromatic carbocycles. The smallest absolute Gasteiger partial charge is 0.224 e. The molecule has 0 aliphatic rings. The minimum atomic E-state index is 0.0258. The van der Waals surface area contributed by atoms with Crippen molar-refractivity contribution in [3.8, 4) is 5.75 Å². The number of anilines is 1. The van der Waals surface area contributed by atoms with Crippen LogP contribution in [-0.2, 0) is 4.79 Å². The summed E-state index contributed by atoms with van der Waals surface area (Å²) in [7, 11) is 0. The highest BCUT2D eigenvalue weighted by atomic mass is 16.5. The summed E-state index contributed by atoms with van der Waals surface area (Å²) >= 11 is 0. The number of ether oxygens (including phenoxy) is 1. The van der Waals surface area contributed by atoms with E-state index in [2.05, 4.69) is 5.32 Å². The standard InChI is InChI=1S/C15H24N2O2/c1-11(2)19-14-7-5-13(6-8-14)17-15(18)9-4-12(3)10-16/h5-8,11-12H,4,9-10,16H2,1-3H3,(H,17,18). The molecule has 0 bridgehead atoms. The summed E-state index contributed by atoms with van der Waals surface area (Å²) < 4.78 is 5.54. The van der Waals surface area contributed by atoms with Gasteiger partial charge in [-0.2, -0.15) is 0 Å². The van der Waals surface area contributed by atoms with Crippen molar-refractivity contribution < 1.29 is 9.53 Å². The largest absolute Gasteiger partial charge is 0.491 e. The number of amides is 1. The van der Waals surface area contributed by atoms with Gasteiger partial charge in [-0.3, -0.25) is 4.79 Å². The van der Waals surface area contributed by atoms with Crippen LogP contribution >= 0.6 is 0 Å². The van der Waals surface area contributed by atoms with Gasteiger partial charge in [0.05, 0.1) is 6.10 Å². The highest BCUT2D eigenvalue weighted by Gasteiger charge is 2.06. The molecular formula is C15H24N2O2. The fourth-order valence-electron chi connectivity index (χ4n) is 1.61. The van der Waals surface area contributed by atoms with Crippen molar-refractivity contribution in [1.82, 2.24) is 0 Å². The van der Waals surface area contributed by atoms with E-state index >= 15 is 0 Å². The van der Waals surface area contributed by atoms with Crippen molar-refractivity contribution in [2.75, 3.05) is 11.9 Å². The number of hydrogen-bond donors (Lipinski definition) is 2. The van der Waals surface area contributed by atoms with Gasteiger partial charge in [-0.25, -0.2) is 0 Å². The lowest BCUT2D eigenvalue weighted by atomic mass is 10.1. The van der Waals surface area contributed by atoms with E-state index < -0.39 is 0 Å². The lowest BCUT2D eigenvalue weighted by Gasteiger charge is -2.11. The Labute approximate surface area is 115 Å². The number of rotatable bonds is 7. The molecule has 0 saturated carbocycles. The van der Waals surface area contributed by atoms with Gasteiger partial charge in [-0.15, -0.1) is 0 Å². The Morgan fingerprint density at radius 2 is 1.89 bits per heavy atom. The summed E-state index contributed by atoms with van der Waals surface area (Å²) in [6, 6.07) is 7.42. The summed E-state index contributed by atoms with van der Waals surface area (Å²) in [5.41, 5.74) is 6.31. The minimum absolute atomic E-state index is 0.0258. The van der Waals surface area contributed by atoms with Gasteiger partial charge in [0.2, 0.25) is 5.91 Å². The second-order valence-corrected chi connectivity index (χ2v) is 5.12. The van der Waals surface area contributed by atoms with Crippen molar-refractivity contribution in [3.63, 3.8) is 0 Å². The SMILES string of the molecule is CC(CN)CCC(=O)Nc1ccc(OC(C)C)cc1. The zero-order valence-electron chi connectivity index (χ0n) is 12.0. The first-order valence-corrected chi connectivity index (χ1v) is 6.78. The van der Waals surface area contributed by atoms with Gasteiger partial charge in [-0.05, 0) is 57.0 Å². The van der Waals surface area contributed by atoms with E-state index in [0.717, 1.165) is 17.9 Å². The van der Waals surface area contributed by atoms with Crippen molar-refractivity contribution >= 4 is 11.6 Å². The molecule has 1 rings (SSSR count). The average molecular weight is 264 g/mol. The third-order valence-electron chi connectivity index (χ3n) is 2.78. The van der Waals surface area contributed by atoms with Crippen LogP contribution in [0.4, 0.5) is 5.69 Å². The predicted octanol–water partition coefficient (Wildman–Crippen LogP) is 2.79.